The molecule has 0 saturated carbocycles. The van der Waals surface area contributed by atoms with Crippen molar-refractivity contribution in [1.29, 1.82) is 5.26 Å². The van der Waals surface area contributed by atoms with Crippen molar-refractivity contribution in [3.05, 3.63) is 78.5 Å². The summed E-state index contributed by atoms with van der Waals surface area (Å²) in [6, 6.07) is 23.3. The molecule has 0 unspecified atom stereocenters. The van der Waals surface area contributed by atoms with Crippen LogP contribution in [0.5, 0.6) is 5.75 Å². The molecule has 0 bridgehead atoms. The molecule has 0 aliphatic rings. The molecule has 0 radical (unpaired) electrons. The number of hydrogen-bond acceptors (Lipinski definition) is 4. The lowest BCUT2D eigenvalue weighted by Gasteiger charge is -2.10. The zero-order valence-electron chi connectivity index (χ0n) is 16.5. The number of nitrogens with zero attached hydrogens (tertiary/aromatic N) is 3. The number of rotatable bonds is 6. The molecule has 1 N–H and O–H groups in total. The fourth-order valence-corrected chi connectivity index (χ4v) is 3.44. The van der Waals surface area contributed by atoms with Gasteiger partial charge < -0.3 is 10.1 Å². The van der Waals surface area contributed by atoms with Crippen LogP contribution in [0.3, 0.4) is 0 Å². The van der Waals surface area contributed by atoms with Gasteiger partial charge in [0.25, 0.3) is 5.91 Å². The van der Waals surface area contributed by atoms with Crippen LogP contribution in [-0.4, -0.2) is 22.8 Å². The van der Waals surface area contributed by atoms with E-state index in [-0.39, 0.29) is 5.91 Å². The molecule has 148 valence electrons. The van der Waals surface area contributed by atoms with E-state index in [1.165, 1.54) is 0 Å². The zero-order chi connectivity index (χ0) is 20.9. The Balaban J connectivity index is 1.80. The predicted octanol–water partition coefficient (Wildman–Crippen LogP) is 4.88. The molecule has 0 atom stereocenters. The molecule has 1 aromatic heterocycles. The first-order chi connectivity index (χ1) is 14.7. The Kier molecular flexibility index (Phi) is 5.44. The number of hydrogen-bond donors (Lipinski definition) is 1. The Morgan fingerprint density at radius 3 is 2.70 bits per heavy atom. The minimum atomic E-state index is -0.286. The number of para-hydroxylation sites is 2. The molecule has 6 heteroatoms. The number of fused-ring (bicyclic) bond motifs is 1. The summed E-state index contributed by atoms with van der Waals surface area (Å²) >= 11 is 0. The van der Waals surface area contributed by atoms with Crippen LogP contribution in [0.2, 0.25) is 0 Å². The van der Waals surface area contributed by atoms with E-state index >= 15 is 0 Å². The van der Waals surface area contributed by atoms with E-state index in [1.54, 1.807) is 30.1 Å². The molecule has 30 heavy (non-hydrogen) atoms. The van der Waals surface area contributed by atoms with E-state index in [0.717, 1.165) is 16.3 Å². The van der Waals surface area contributed by atoms with Crippen LogP contribution in [0.4, 0.5) is 5.69 Å². The van der Waals surface area contributed by atoms with Gasteiger partial charge in [0.15, 0.2) is 0 Å². The first kappa shape index (κ1) is 19.2. The van der Waals surface area contributed by atoms with E-state index in [0.29, 0.717) is 35.7 Å². The second kappa shape index (κ2) is 8.50. The highest BCUT2D eigenvalue weighted by Crippen LogP contribution is 2.31. The van der Waals surface area contributed by atoms with Crippen molar-refractivity contribution in [1.82, 2.24) is 9.78 Å². The zero-order valence-corrected chi connectivity index (χ0v) is 16.5. The Morgan fingerprint density at radius 1 is 1.10 bits per heavy atom. The average molecular weight is 396 g/mol. The van der Waals surface area contributed by atoms with Crippen molar-refractivity contribution >= 4 is 22.4 Å². The third-order valence-electron chi connectivity index (χ3n) is 4.86. The summed E-state index contributed by atoms with van der Waals surface area (Å²) in [7, 11) is 1.56. The third kappa shape index (κ3) is 3.74. The van der Waals surface area contributed by atoms with Crippen molar-refractivity contribution in [2.75, 3.05) is 12.4 Å². The molecule has 6 nitrogen and oxygen atoms in total. The number of amides is 1. The lowest BCUT2D eigenvalue weighted by Crippen LogP contribution is -2.13. The number of carbonyl (C=O) groups excluding carboxylic acids is 1. The summed E-state index contributed by atoms with van der Waals surface area (Å²) in [6.07, 6.45) is 2.00. The predicted molar refractivity (Wildman–Crippen MR) is 116 cm³/mol. The normalized spacial score (nSPS) is 10.5. The van der Waals surface area contributed by atoms with Gasteiger partial charge in [-0.15, -0.1) is 0 Å². The molecule has 1 amide bonds. The summed E-state index contributed by atoms with van der Waals surface area (Å²) in [5, 5.41) is 18.6. The van der Waals surface area contributed by atoms with Crippen molar-refractivity contribution in [2.24, 2.45) is 0 Å². The average Bonchev–Trinajstić information content (AvgIpc) is 3.22. The first-order valence-corrected chi connectivity index (χ1v) is 9.58. The SMILES string of the molecule is COc1ccccc1NC(=O)c1cn(CCC#N)nc1-c1cccc2ccccc12. The van der Waals surface area contributed by atoms with Crippen LogP contribution >= 0.6 is 0 Å². The molecular weight excluding hydrogens is 376 g/mol. The standard InChI is InChI=1S/C24H20N4O2/c1-30-22-13-5-4-12-21(22)26-24(29)20-16-28(15-7-14-25)27-23(20)19-11-6-9-17-8-2-3-10-18(17)19/h2-6,8-13,16H,7,15H2,1H3,(H,26,29). The highest BCUT2D eigenvalue weighted by atomic mass is 16.5. The second-order valence-corrected chi connectivity index (χ2v) is 6.74. The van der Waals surface area contributed by atoms with Crippen molar-refractivity contribution < 1.29 is 9.53 Å². The maximum Gasteiger partial charge on any atom is 0.259 e. The van der Waals surface area contributed by atoms with Gasteiger partial charge in [0, 0.05) is 11.8 Å². The first-order valence-electron chi connectivity index (χ1n) is 9.58. The van der Waals surface area contributed by atoms with Gasteiger partial charge in [-0.2, -0.15) is 10.4 Å². The topological polar surface area (TPSA) is 79.9 Å². The Bertz CT molecular complexity index is 1250. The highest BCUT2D eigenvalue weighted by molar-refractivity contribution is 6.10. The molecule has 4 rings (SSSR count). The Morgan fingerprint density at radius 2 is 1.87 bits per heavy atom. The number of benzene rings is 3. The molecule has 0 aliphatic carbocycles. The summed E-state index contributed by atoms with van der Waals surface area (Å²) in [4.78, 5) is 13.2. The van der Waals surface area contributed by atoms with Crippen LogP contribution in [0.25, 0.3) is 22.0 Å². The summed E-state index contributed by atoms with van der Waals surface area (Å²) in [6.45, 7) is 0.413. The van der Waals surface area contributed by atoms with E-state index in [2.05, 4.69) is 16.5 Å². The Labute approximate surface area is 174 Å². The highest BCUT2D eigenvalue weighted by Gasteiger charge is 2.20. The van der Waals surface area contributed by atoms with Gasteiger partial charge in [0.1, 0.15) is 11.4 Å². The number of aryl methyl sites for hydroxylation is 1. The third-order valence-corrected chi connectivity index (χ3v) is 4.86. The van der Waals surface area contributed by atoms with Crippen molar-refractivity contribution in [3.8, 4) is 23.1 Å². The van der Waals surface area contributed by atoms with Crippen molar-refractivity contribution in [2.45, 2.75) is 13.0 Å². The second-order valence-electron chi connectivity index (χ2n) is 6.74. The van der Waals surface area contributed by atoms with Crippen LogP contribution in [0.1, 0.15) is 16.8 Å². The molecule has 0 aliphatic heterocycles. The number of anilines is 1. The van der Waals surface area contributed by atoms with E-state index in [4.69, 9.17) is 10.00 Å². The lowest BCUT2D eigenvalue weighted by molar-refractivity contribution is 0.102. The molecule has 3 aromatic carbocycles. The summed E-state index contributed by atoms with van der Waals surface area (Å²) < 4.78 is 6.99. The van der Waals surface area contributed by atoms with E-state index in [9.17, 15) is 4.79 Å². The monoisotopic (exact) mass is 396 g/mol. The smallest absolute Gasteiger partial charge is 0.259 e. The molecule has 4 aromatic rings. The molecule has 0 spiro atoms. The van der Waals surface area contributed by atoms with Gasteiger partial charge >= 0.3 is 0 Å². The largest absolute Gasteiger partial charge is 0.495 e. The maximum atomic E-state index is 13.2. The van der Waals surface area contributed by atoms with E-state index in [1.807, 2.05) is 54.6 Å². The summed E-state index contributed by atoms with van der Waals surface area (Å²) in [5.41, 5.74) is 2.47. The number of ether oxygens (including phenoxy) is 1. The summed E-state index contributed by atoms with van der Waals surface area (Å²) in [5.74, 6) is 0.292. The van der Waals surface area contributed by atoms with Crippen LogP contribution in [0, 0.1) is 11.3 Å². The maximum absolute atomic E-state index is 13.2. The molecule has 0 fully saturated rings. The van der Waals surface area contributed by atoms with Gasteiger partial charge in [-0.25, -0.2) is 0 Å². The van der Waals surface area contributed by atoms with Gasteiger partial charge in [-0.3, -0.25) is 9.48 Å². The van der Waals surface area contributed by atoms with Crippen LogP contribution in [0.15, 0.2) is 72.9 Å². The van der Waals surface area contributed by atoms with Crippen LogP contribution in [-0.2, 0) is 6.54 Å². The molecule has 1 heterocycles. The van der Waals surface area contributed by atoms with Gasteiger partial charge in [0.05, 0.1) is 37.4 Å². The quantitative estimate of drug-likeness (QED) is 0.504. The lowest BCUT2D eigenvalue weighted by atomic mass is 10.00. The Hall–Kier alpha value is -4.11. The fourth-order valence-electron chi connectivity index (χ4n) is 3.44. The van der Waals surface area contributed by atoms with Gasteiger partial charge in [-0.05, 0) is 22.9 Å². The fraction of sp³-hybridized carbons (Fsp3) is 0.125. The van der Waals surface area contributed by atoms with Gasteiger partial charge in [-0.1, -0.05) is 54.6 Å². The molecular formula is C24H20N4O2. The number of nitrogens with one attached hydrogen (secondary N) is 1. The van der Waals surface area contributed by atoms with E-state index < -0.39 is 0 Å². The number of carbonyl (C=O) groups is 1. The van der Waals surface area contributed by atoms with Crippen molar-refractivity contribution in [3.63, 3.8) is 0 Å². The minimum absolute atomic E-state index is 0.286. The number of nitriles is 1. The minimum Gasteiger partial charge on any atom is -0.495 e. The molecule has 0 saturated heterocycles. The number of methoxy groups -OCH3 is 1. The number of aromatic nitrogens is 2. The van der Waals surface area contributed by atoms with Crippen LogP contribution < -0.4 is 10.1 Å². The van der Waals surface area contributed by atoms with Gasteiger partial charge in [0.2, 0.25) is 0 Å².